The Bertz CT molecular complexity index is 590. The molecule has 0 aromatic rings. The van der Waals surface area contributed by atoms with Crippen LogP contribution in [0.5, 0.6) is 0 Å². The van der Waals surface area contributed by atoms with Crippen LogP contribution in [0.4, 0.5) is 0 Å². The summed E-state index contributed by atoms with van der Waals surface area (Å²) in [5.41, 5.74) is 0. The Morgan fingerprint density at radius 3 is 2.57 bits per heavy atom. The molecule has 0 aromatic carbocycles. The Kier molecular flexibility index (Phi) is 8.94. The van der Waals surface area contributed by atoms with Gasteiger partial charge in [0.25, 0.3) is 0 Å². The average molecular weight is 421 g/mol. The van der Waals surface area contributed by atoms with Gasteiger partial charge >= 0.3 is 5.97 Å². The molecule has 30 heavy (non-hydrogen) atoms. The van der Waals surface area contributed by atoms with Crippen LogP contribution in [-0.2, 0) is 14.3 Å². The lowest BCUT2D eigenvalue weighted by Gasteiger charge is -2.41. The third-order valence-electron chi connectivity index (χ3n) is 7.78. The molecule has 3 rings (SSSR count). The molecule has 0 heterocycles. The van der Waals surface area contributed by atoms with Gasteiger partial charge in [-0.15, -0.1) is 0 Å². The number of aliphatic hydroxyl groups is 2. The molecule has 5 heteroatoms. The van der Waals surface area contributed by atoms with Crippen molar-refractivity contribution in [2.45, 2.75) is 95.7 Å². The predicted molar refractivity (Wildman–Crippen MR) is 116 cm³/mol. The number of ether oxygens (including phenoxy) is 1. The summed E-state index contributed by atoms with van der Waals surface area (Å²) in [7, 11) is 1.41. The SMILES string of the molecule is COC(=O)CCCCCC[C@H]1C(=O)C[C@@H](O)[C@@H]1/C=C/[C@H](O)C1CC(CC2CCC2)C1. The molecule has 0 aliphatic heterocycles. The van der Waals surface area contributed by atoms with Gasteiger partial charge in [0, 0.05) is 24.7 Å². The van der Waals surface area contributed by atoms with Crippen molar-refractivity contribution < 1.29 is 24.5 Å². The van der Waals surface area contributed by atoms with Gasteiger partial charge in [-0.1, -0.05) is 50.7 Å². The zero-order chi connectivity index (χ0) is 21.5. The molecule has 3 aliphatic carbocycles. The number of methoxy groups -OCH3 is 1. The van der Waals surface area contributed by atoms with E-state index in [1.807, 2.05) is 12.2 Å². The van der Waals surface area contributed by atoms with E-state index in [0.717, 1.165) is 56.8 Å². The van der Waals surface area contributed by atoms with E-state index in [1.54, 1.807) is 0 Å². The normalized spacial score (nSPS) is 32.8. The monoisotopic (exact) mass is 420 g/mol. The maximum Gasteiger partial charge on any atom is 0.305 e. The van der Waals surface area contributed by atoms with Crippen LogP contribution in [0.25, 0.3) is 0 Å². The summed E-state index contributed by atoms with van der Waals surface area (Å²) in [5.74, 6) is 1.72. The lowest BCUT2D eigenvalue weighted by Crippen LogP contribution is -2.34. The van der Waals surface area contributed by atoms with Gasteiger partial charge in [0.15, 0.2) is 0 Å². The van der Waals surface area contributed by atoms with Crippen LogP contribution in [0, 0.1) is 29.6 Å². The lowest BCUT2D eigenvalue weighted by atomic mass is 9.66. The highest BCUT2D eigenvalue weighted by Crippen LogP contribution is 2.44. The van der Waals surface area contributed by atoms with Gasteiger partial charge < -0.3 is 14.9 Å². The van der Waals surface area contributed by atoms with Crippen molar-refractivity contribution in [2.24, 2.45) is 29.6 Å². The zero-order valence-electron chi connectivity index (χ0n) is 18.5. The van der Waals surface area contributed by atoms with E-state index in [1.165, 1.54) is 32.8 Å². The van der Waals surface area contributed by atoms with Crippen molar-refractivity contribution in [2.75, 3.05) is 7.11 Å². The van der Waals surface area contributed by atoms with E-state index in [9.17, 15) is 19.8 Å². The van der Waals surface area contributed by atoms with Gasteiger partial charge in [-0.3, -0.25) is 9.59 Å². The molecule has 3 fully saturated rings. The minimum atomic E-state index is -0.627. The second kappa shape index (κ2) is 11.4. The summed E-state index contributed by atoms with van der Waals surface area (Å²) >= 11 is 0. The Labute approximate surface area is 181 Å². The van der Waals surface area contributed by atoms with Crippen LogP contribution in [0.1, 0.15) is 83.5 Å². The quantitative estimate of drug-likeness (QED) is 0.281. The standard InChI is InChI=1S/C25H40O5/c1-30-25(29)10-5-3-2-4-9-20-21(24(28)16-23(20)27)11-12-22(26)19-14-18(15-19)13-17-7-6-8-17/h11-12,17-22,24,26,28H,2-10,13-16H2,1H3/b12-11+/t18?,19?,20-,21-,22+,24-/m1/s1. The predicted octanol–water partition coefficient (Wildman–Crippen LogP) is 4.20. The highest BCUT2D eigenvalue weighted by molar-refractivity contribution is 5.84. The molecule has 2 N–H and O–H groups in total. The number of unbranched alkanes of at least 4 members (excludes halogenated alkanes) is 3. The molecule has 3 aliphatic rings. The van der Waals surface area contributed by atoms with Gasteiger partial charge in [-0.2, -0.15) is 0 Å². The third-order valence-corrected chi connectivity index (χ3v) is 7.78. The molecule has 0 saturated heterocycles. The molecular formula is C25H40O5. The zero-order valence-corrected chi connectivity index (χ0v) is 18.5. The van der Waals surface area contributed by atoms with Gasteiger partial charge in [0.1, 0.15) is 5.78 Å². The maximum absolute atomic E-state index is 12.4. The molecule has 5 nitrogen and oxygen atoms in total. The molecule has 0 unspecified atom stereocenters. The Morgan fingerprint density at radius 2 is 1.90 bits per heavy atom. The number of carbonyl (C=O) groups is 2. The first-order valence-corrected chi connectivity index (χ1v) is 12.1. The highest BCUT2D eigenvalue weighted by atomic mass is 16.5. The topological polar surface area (TPSA) is 83.8 Å². The van der Waals surface area contributed by atoms with Crippen LogP contribution < -0.4 is 0 Å². The number of aliphatic hydroxyl groups excluding tert-OH is 2. The third kappa shape index (κ3) is 6.40. The summed E-state index contributed by atoms with van der Waals surface area (Å²) in [6.07, 6.45) is 15.5. The molecule has 0 bridgehead atoms. The molecule has 0 radical (unpaired) electrons. The fourth-order valence-corrected chi connectivity index (χ4v) is 5.54. The minimum Gasteiger partial charge on any atom is -0.469 e. The summed E-state index contributed by atoms with van der Waals surface area (Å²) < 4.78 is 4.64. The van der Waals surface area contributed by atoms with Crippen molar-refractivity contribution in [1.82, 2.24) is 0 Å². The van der Waals surface area contributed by atoms with Crippen molar-refractivity contribution in [1.29, 1.82) is 0 Å². The highest BCUT2D eigenvalue weighted by Gasteiger charge is 2.40. The summed E-state index contributed by atoms with van der Waals surface area (Å²) in [6, 6.07) is 0. The molecule has 3 saturated carbocycles. The van der Waals surface area contributed by atoms with Gasteiger partial charge in [-0.25, -0.2) is 0 Å². The van der Waals surface area contributed by atoms with Crippen LogP contribution in [0.2, 0.25) is 0 Å². The van der Waals surface area contributed by atoms with Crippen molar-refractivity contribution >= 4 is 11.8 Å². The summed E-state index contributed by atoms with van der Waals surface area (Å²) in [4.78, 5) is 23.5. The van der Waals surface area contributed by atoms with Crippen LogP contribution in [0.3, 0.4) is 0 Å². The van der Waals surface area contributed by atoms with E-state index in [4.69, 9.17) is 0 Å². The second-order valence-corrected chi connectivity index (χ2v) is 9.96. The first-order valence-electron chi connectivity index (χ1n) is 12.1. The number of hydrogen-bond acceptors (Lipinski definition) is 5. The Balaban J connectivity index is 1.37. The first-order chi connectivity index (χ1) is 14.5. The molecule has 4 atom stereocenters. The number of rotatable bonds is 12. The molecular weight excluding hydrogens is 380 g/mol. The molecule has 0 aromatic heterocycles. The van der Waals surface area contributed by atoms with E-state index in [2.05, 4.69) is 4.74 Å². The first kappa shape index (κ1) is 23.5. The molecule has 0 spiro atoms. The van der Waals surface area contributed by atoms with Crippen LogP contribution >= 0.6 is 0 Å². The van der Waals surface area contributed by atoms with E-state index in [0.29, 0.717) is 12.3 Å². The largest absolute Gasteiger partial charge is 0.469 e. The van der Waals surface area contributed by atoms with E-state index < -0.39 is 12.2 Å². The van der Waals surface area contributed by atoms with Gasteiger partial charge in [-0.05, 0) is 49.9 Å². The van der Waals surface area contributed by atoms with Crippen LogP contribution in [0.15, 0.2) is 12.2 Å². The Morgan fingerprint density at radius 1 is 1.17 bits per heavy atom. The van der Waals surface area contributed by atoms with Crippen molar-refractivity contribution in [3.8, 4) is 0 Å². The van der Waals surface area contributed by atoms with Crippen molar-refractivity contribution in [3.63, 3.8) is 0 Å². The number of esters is 1. The summed E-state index contributed by atoms with van der Waals surface area (Å²) in [6.45, 7) is 0. The number of hydrogen-bond donors (Lipinski definition) is 2. The smallest absolute Gasteiger partial charge is 0.305 e. The van der Waals surface area contributed by atoms with E-state index >= 15 is 0 Å². The van der Waals surface area contributed by atoms with Crippen molar-refractivity contribution in [3.05, 3.63) is 12.2 Å². The number of ketones is 1. The number of Topliss-reactive ketones (excluding diaryl/α,β-unsaturated/α-hetero) is 1. The van der Waals surface area contributed by atoms with Gasteiger partial charge in [0.2, 0.25) is 0 Å². The number of carbonyl (C=O) groups excluding carboxylic acids is 2. The average Bonchev–Trinajstić information content (AvgIpc) is 2.92. The van der Waals surface area contributed by atoms with E-state index in [-0.39, 0.29) is 30.0 Å². The fourth-order valence-electron chi connectivity index (χ4n) is 5.54. The minimum absolute atomic E-state index is 0.142. The molecule has 170 valence electrons. The van der Waals surface area contributed by atoms with Crippen LogP contribution in [-0.4, -0.2) is 41.3 Å². The lowest BCUT2D eigenvalue weighted by molar-refractivity contribution is -0.140. The summed E-state index contributed by atoms with van der Waals surface area (Å²) in [5, 5.41) is 20.9. The second-order valence-electron chi connectivity index (χ2n) is 9.96. The van der Waals surface area contributed by atoms with Gasteiger partial charge in [0.05, 0.1) is 19.3 Å². The fraction of sp³-hybridized carbons (Fsp3) is 0.840. The molecule has 0 amide bonds. The maximum atomic E-state index is 12.4. The Hall–Kier alpha value is -1.20.